The normalized spacial score (nSPS) is 19.0. The standard InChI is InChI=1S/C20H20FN3O3/c21-14-7-5-13(6-8-14)17(25)18(26)24-11-9-20(10-12-24)19(27)22-15-3-1-2-4-16(15)23-20/h1-8,17,23,25H,9-12H2,(H,22,27)/t17-/m0/s1. The zero-order valence-corrected chi connectivity index (χ0v) is 14.6. The lowest BCUT2D eigenvalue weighted by atomic mass is 9.84. The van der Waals surface area contributed by atoms with E-state index in [4.69, 9.17) is 0 Å². The molecule has 140 valence electrons. The number of hydrogen-bond acceptors (Lipinski definition) is 4. The molecule has 2 aliphatic heterocycles. The Labute approximate surface area is 156 Å². The first-order valence-corrected chi connectivity index (χ1v) is 8.89. The van der Waals surface area contributed by atoms with Gasteiger partial charge in [0.05, 0.1) is 11.4 Å². The van der Waals surface area contributed by atoms with Crippen molar-refractivity contribution in [1.29, 1.82) is 0 Å². The Balaban J connectivity index is 1.45. The van der Waals surface area contributed by atoms with Gasteiger partial charge in [0.15, 0.2) is 6.10 Å². The molecule has 6 nitrogen and oxygen atoms in total. The zero-order valence-electron chi connectivity index (χ0n) is 14.6. The number of fused-ring (bicyclic) bond motifs is 1. The van der Waals surface area contributed by atoms with Gasteiger partial charge in [0.2, 0.25) is 5.91 Å². The molecule has 3 N–H and O–H groups in total. The van der Waals surface area contributed by atoms with Gasteiger partial charge in [-0.2, -0.15) is 0 Å². The number of aliphatic hydroxyl groups is 1. The first-order valence-electron chi connectivity index (χ1n) is 8.89. The molecule has 4 rings (SSSR count). The van der Waals surface area contributed by atoms with Crippen LogP contribution in [0.15, 0.2) is 48.5 Å². The second kappa shape index (κ2) is 6.66. The van der Waals surface area contributed by atoms with E-state index in [2.05, 4.69) is 10.6 Å². The van der Waals surface area contributed by atoms with Crippen molar-refractivity contribution in [2.24, 2.45) is 0 Å². The van der Waals surface area contributed by atoms with Crippen LogP contribution < -0.4 is 10.6 Å². The van der Waals surface area contributed by atoms with Gasteiger partial charge in [-0.1, -0.05) is 24.3 Å². The first-order chi connectivity index (χ1) is 13.0. The number of aliphatic hydroxyl groups excluding tert-OH is 1. The lowest BCUT2D eigenvalue weighted by Gasteiger charge is -2.44. The number of hydrogen-bond donors (Lipinski definition) is 3. The molecule has 0 unspecified atom stereocenters. The van der Waals surface area contributed by atoms with Gasteiger partial charge in [-0.05, 0) is 42.7 Å². The summed E-state index contributed by atoms with van der Waals surface area (Å²) in [5, 5.41) is 16.6. The maximum absolute atomic E-state index is 13.0. The molecule has 0 aromatic heterocycles. The summed E-state index contributed by atoms with van der Waals surface area (Å²) in [6.07, 6.45) is -0.460. The number of amides is 2. The van der Waals surface area contributed by atoms with E-state index in [0.717, 1.165) is 11.4 Å². The molecule has 27 heavy (non-hydrogen) atoms. The third kappa shape index (κ3) is 3.14. The van der Waals surface area contributed by atoms with E-state index < -0.39 is 23.4 Å². The second-order valence-corrected chi connectivity index (χ2v) is 6.99. The maximum Gasteiger partial charge on any atom is 0.256 e. The maximum atomic E-state index is 13.0. The van der Waals surface area contributed by atoms with Crippen molar-refractivity contribution in [3.05, 3.63) is 59.9 Å². The zero-order chi connectivity index (χ0) is 19.0. The molecule has 1 saturated heterocycles. The van der Waals surface area contributed by atoms with Crippen molar-refractivity contribution in [1.82, 2.24) is 4.90 Å². The number of carbonyl (C=O) groups is 2. The van der Waals surface area contributed by atoms with Crippen molar-refractivity contribution in [3.63, 3.8) is 0 Å². The van der Waals surface area contributed by atoms with Crippen molar-refractivity contribution >= 4 is 23.2 Å². The van der Waals surface area contributed by atoms with Gasteiger partial charge in [-0.25, -0.2) is 4.39 Å². The second-order valence-electron chi connectivity index (χ2n) is 6.99. The average Bonchev–Trinajstić information content (AvgIpc) is 2.69. The minimum absolute atomic E-state index is 0.104. The van der Waals surface area contributed by atoms with Crippen molar-refractivity contribution < 1.29 is 19.1 Å². The molecule has 2 heterocycles. The van der Waals surface area contributed by atoms with Crippen LogP contribution in [-0.2, 0) is 9.59 Å². The van der Waals surface area contributed by atoms with Crippen LogP contribution in [0.5, 0.6) is 0 Å². The summed E-state index contributed by atoms with van der Waals surface area (Å²) in [6, 6.07) is 12.7. The van der Waals surface area contributed by atoms with E-state index in [1.54, 1.807) is 4.90 Å². The minimum Gasteiger partial charge on any atom is -0.378 e. The molecule has 0 bridgehead atoms. The average molecular weight is 369 g/mol. The Morgan fingerprint density at radius 3 is 2.37 bits per heavy atom. The number of piperidine rings is 1. The van der Waals surface area contributed by atoms with Crippen molar-refractivity contribution in [2.45, 2.75) is 24.5 Å². The molecule has 2 aromatic carbocycles. The Bertz CT molecular complexity index is 876. The molecule has 0 aliphatic carbocycles. The van der Waals surface area contributed by atoms with Crippen LogP contribution in [-0.4, -0.2) is 40.4 Å². The van der Waals surface area contributed by atoms with Gasteiger partial charge in [0, 0.05) is 13.1 Å². The number of rotatable bonds is 2. The summed E-state index contributed by atoms with van der Waals surface area (Å²) < 4.78 is 13.0. The monoisotopic (exact) mass is 369 g/mol. The summed E-state index contributed by atoms with van der Waals surface area (Å²) in [5.74, 6) is -0.964. The lowest BCUT2D eigenvalue weighted by Crippen LogP contribution is -2.59. The highest BCUT2D eigenvalue weighted by atomic mass is 19.1. The van der Waals surface area contributed by atoms with E-state index in [-0.39, 0.29) is 5.91 Å². The SMILES string of the molecule is O=C([C@@H](O)c1ccc(F)cc1)N1CCC2(CC1)Nc1ccccc1NC2=O. The summed E-state index contributed by atoms with van der Waals surface area (Å²) in [4.78, 5) is 26.8. The highest BCUT2D eigenvalue weighted by molar-refractivity contribution is 6.06. The van der Waals surface area contributed by atoms with E-state index in [1.807, 2.05) is 24.3 Å². The van der Waals surface area contributed by atoms with E-state index >= 15 is 0 Å². The number of anilines is 2. The Morgan fingerprint density at radius 1 is 1.07 bits per heavy atom. The van der Waals surface area contributed by atoms with Crippen LogP contribution in [0.4, 0.5) is 15.8 Å². The number of carbonyl (C=O) groups excluding carboxylic acids is 2. The van der Waals surface area contributed by atoms with Crippen LogP contribution in [0, 0.1) is 5.82 Å². The topological polar surface area (TPSA) is 81.7 Å². The van der Waals surface area contributed by atoms with E-state index in [9.17, 15) is 19.1 Å². The molecule has 1 spiro atoms. The van der Waals surface area contributed by atoms with E-state index in [1.165, 1.54) is 24.3 Å². The van der Waals surface area contributed by atoms with Crippen LogP contribution in [0.1, 0.15) is 24.5 Å². The Morgan fingerprint density at radius 2 is 1.70 bits per heavy atom. The van der Waals surface area contributed by atoms with Gasteiger partial charge in [0.1, 0.15) is 11.4 Å². The van der Waals surface area contributed by atoms with Gasteiger partial charge < -0.3 is 20.6 Å². The van der Waals surface area contributed by atoms with Crippen LogP contribution in [0.2, 0.25) is 0 Å². The smallest absolute Gasteiger partial charge is 0.256 e. The fourth-order valence-corrected chi connectivity index (χ4v) is 3.68. The van der Waals surface area contributed by atoms with Crippen LogP contribution >= 0.6 is 0 Å². The molecule has 0 saturated carbocycles. The summed E-state index contributed by atoms with van der Waals surface area (Å²) >= 11 is 0. The Hall–Kier alpha value is -2.93. The van der Waals surface area contributed by atoms with Crippen molar-refractivity contribution in [3.8, 4) is 0 Å². The predicted molar refractivity (Wildman–Crippen MR) is 98.6 cm³/mol. The third-order valence-corrected chi connectivity index (χ3v) is 5.33. The van der Waals surface area contributed by atoms with Crippen LogP contribution in [0.3, 0.4) is 0 Å². The summed E-state index contributed by atoms with van der Waals surface area (Å²) in [5.41, 5.74) is 1.21. The number of nitrogens with one attached hydrogen (secondary N) is 2. The summed E-state index contributed by atoms with van der Waals surface area (Å²) in [7, 11) is 0. The fraction of sp³-hybridized carbons (Fsp3) is 0.300. The molecule has 1 fully saturated rings. The third-order valence-electron chi connectivity index (χ3n) is 5.33. The number of para-hydroxylation sites is 2. The molecule has 1 atom stereocenters. The molecular formula is C20H20FN3O3. The van der Waals surface area contributed by atoms with Crippen LogP contribution in [0.25, 0.3) is 0 Å². The lowest BCUT2D eigenvalue weighted by molar-refractivity contribution is -0.143. The molecule has 2 aromatic rings. The van der Waals surface area contributed by atoms with Gasteiger partial charge >= 0.3 is 0 Å². The number of nitrogens with zero attached hydrogens (tertiary/aromatic N) is 1. The largest absolute Gasteiger partial charge is 0.378 e. The molecule has 2 amide bonds. The quantitative estimate of drug-likeness (QED) is 0.759. The van der Waals surface area contributed by atoms with Gasteiger partial charge in [-0.3, -0.25) is 9.59 Å². The highest BCUT2D eigenvalue weighted by Crippen LogP contribution is 2.36. The van der Waals surface area contributed by atoms with Gasteiger partial charge in [0.25, 0.3) is 5.91 Å². The van der Waals surface area contributed by atoms with Crippen molar-refractivity contribution in [2.75, 3.05) is 23.7 Å². The number of likely N-dealkylation sites (tertiary alicyclic amines) is 1. The number of benzene rings is 2. The molecule has 0 radical (unpaired) electrons. The van der Waals surface area contributed by atoms with E-state index in [0.29, 0.717) is 31.5 Å². The highest BCUT2D eigenvalue weighted by Gasteiger charge is 2.45. The molecule has 2 aliphatic rings. The summed E-state index contributed by atoms with van der Waals surface area (Å²) in [6.45, 7) is 0.694. The fourth-order valence-electron chi connectivity index (χ4n) is 3.68. The molecular weight excluding hydrogens is 349 g/mol. The predicted octanol–water partition coefficient (Wildman–Crippen LogP) is 2.28. The number of halogens is 1. The van der Waals surface area contributed by atoms with Gasteiger partial charge in [-0.15, -0.1) is 0 Å². The first kappa shape index (κ1) is 17.5. The minimum atomic E-state index is -1.34. The molecule has 7 heteroatoms. The Kier molecular flexibility index (Phi) is 4.31.